The Labute approximate surface area is 144 Å². The van der Waals surface area contributed by atoms with E-state index in [1.807, 2.05) is 0 Å². The Bertz CT molecular complexity index is 856. The number of amides is 1. The maximum Gasteiger partial charge on any atom is 0.243 e. The molecule has 1 aromatic carbocycles. The molecule has 0 atom stereocenters. The zero-order valence-electron chi connectivity index (χ0n) is 13.6. The van der Waals surface area contributed by atoms with Crippen molar-refractivity contribution in [1.29, 1.82) is 0 Å². The van der Waals surface area contributed by atoms with Gasteiger partial charge in [0.25, 0.3) is 0 Å². The van der Waals surface area contributed by atoms with Gasteiger partial charge in [-0.2, -0.15) is 4.31 Å². The van der Waals surface area contributed by atoms with E-state index in [2.05, 4.69) is 10.5 Å². The summed E-state index contributed by atoms with van der Waals surface area (Å²) in [7, 11) is -3.68. The lowest BCUT2D eigenvalue weighted by Crippen LogP contribution is -2.41. The molecule has 1 amide bonds. The number of sulfonamides is 1. The molecule has 1 aliphatic rings. The number of carbonyl (C=O) groups excluding carboxylic acids is 1. The van der Waals surface area contributed by atoms with Gasteiger partial charge in [0.2, 0.25) is 21.8 Å². The van der Waals surface area contributed by atoms with Crippen LogP contribution in [0, 0.1) is 18.7 Å². The topological polar surface area (TPSA) is 92.5 Å². The quantitative estimate of drug-likeness (QED) is 0.894. The molecule has 0 unspecified atom stereocenters. The third-order valence-electron chi connectivity index (χ3n) is 4.15. The minimum absolute atomic E-state index is 0.0499. The van der Waals surface area contributed by atoms with Gasteiger partial charge in [-0.05, 0) is 44.0 Å². The molecule has 134 valence electrons. The van der Waals surface area contributed by atoms with Crippen LogP contribution in [0.5, 0.6) is 0 Å². The van der Waals surface area contributed by atoms with E-state index < -0.39 is 15.8 Å². The van der Waals surface area contributed by atoms with E-state index in [1.54, 1.807) is 13.0 Å². The third kappa shape index (κ3) is 3.88. The second-order valence-corrected chi connectivity index (χ2v) is 7.89. The van der Waals surface area contributed by atoms with Crippen LogP contribution in [0.15, 0.2) is 39.8 Å². The monoisotopic (exact) mass is 367 g/mol. The van der Waals surface area contributed by atoms with Gasteiger partial charge in [-0.3, -0.25) is 10.1 Å². The van der Waals surface area contributed by atoms with Crippen LogP contribution in [-0.2, 0) is 14.8 Å². The fourth-order valence-electron chi connectivity index (χ4n) is 2.76. The highest BCUT2D eigenvalue weighted by molar-refractivity contribution is 7.89. The predicted octanol–water partition coefficient (Wildman–Crippen LogP) is 2.16. The summed E-state index contributed by atoms with van der Waals surface area (Å²) in [5.41, 5.74) is 0.663. The molecular formula is C16H18FN3O4S. The van der Waals surface area contributed by atoms with E-state index in [9.17, 15) is 17.6 Å². The minimum Gasteiger partial charge on any atom is -0.338 e. The van der Waals surface area contributed by atoms with Crippen LogP contribution in [-0.4, -0.2) is 36.9 Å². The molecule has 9 heteroatoms. The third-order valence-corrected chi connectivity index (χ3v) is 6.06. The van der Waals surface area contributed by atoms with Gasteiger partial charge in [0.1, 0.15) is 5.82 Å². The van der Waals surface area contributed by atoms with E-state index in [0.717, 1.165) is 12.1 Å². The number of rotatable bonds is 4. The Morgan fingerprint density at radius 2 is 1.92 bits per heavy atom. The highest BCUT2D eigenvalue weighted by Crippen LogP contribution is 2.25. The van der Waals surface area contributed by atoms with Gasteiger partial charge in [-0.25, -0.2) is 12.8 Å². The fourth-order valence-corrected chi connectivity index (χ4v) is 4.23. The molecule has 3 rings (SSSR count). The van der Waals surface area contributed by atoms with Gasteiger partial charge in [-0.1, -0.05) is 5.16 Å². The standard InChI is InChI=1S/C16H18FN3O4S/c1-11-10-15(24-19-11)18-16(21)12-6-8-20(9-7-12)25(22,23)14-4-2-13(17)3-5-14/h2-5,10,12H,6-9H2,1H3,(H,18,21). The number of piperidine rings is 1. The molecule has 0 saturated carbocycles. The number of aryl methyl sites for hydroxylation is 1. The molecule has 2 heterocycles. The Balaban J connectivity index is 1.61. The number of hydrogen-bond donors (Lipinski definition) is 1. The van der Waals surface area contributed by atoms with E-state index in [4.69, 9.17) is 4.52 Å². The second-order valence-electron chi connectivity index (χ2n) is 5.95. The largest absolute Gasteiger partial charge is 0.338 e. The molecule has 1 aromatic heterocycles. The zero-order valence-corrected chi connectivity index (χ0v) is 14.4. The average Bonchev–Trinajstić information content (AvgIpc) is 3.00. The lowest BCUT2D eigenvalue weighted by molar-refractivity contribution is -0.121. The first-order valence-corrected chi connectivity index (χ1v) is 9.30. The summed E-state index contributed by atoms with van der Waals surface area (Å²) in [5, 5.41) is 6.34. The molecule has 1 saturated heterocycles. The van der Waals surface area contributed by atoms with Crippen molar-refractivity contribution in [2.45, 2.75) is 24.7 Å². The van der Waals surface area contributed by atoms with Gasteiger partial charge in [0.15, 0.2) is 0 Å². The molecule has 0 bridgehead atoms. The number of nitrogens with zero attached hydrogens (tertiary/aromatic N) is 2. The summed E-state index contributed by atoms with van der Waals surface area (Å²) in [6.45, 7) is 2.21. The first-order valence-electron chi connectivity index (χ1n) is 7.86. The van der Waals surface area contributed by atoms with Gasteiger partial charge in [0, 0.05) is 25.1 Å². The SMILES string of the molecule is Cc1cc(NC(=O)C2CCN(S(=O)(=O)c3ccc(F)cc3)CC2)on1. The summed E-state index contributed by atoms with van der Waals surface area (Å²) in [5.74, 6) is -0.721. The Morgan fingerprint density at radius 3 is 2.48 bits per heavy atom. The van der Waals surface area contributed by atoms with Crippen LogP contribution in [0.1, 0.15) is 18.5 Å². The van der Waals surface area contributed by atoms with Crippen molar-refractivity contribution in [3.63, 3.8) is 0 Å². The summed E-state index contributed by atoms with van der Waals surface area (Å²) < 4.78 is 44.3. The lowest BCUT2D eigenvalue weighted by Gasteiger charge is -2.30. The summed E-state index contributed by atoms with van der Waals surface area (Å²) in [6.07, 6.45) is 0.804. The van der Waals surface area contributed by atoms with E-state index in [-0.39, 0.29) is 35.7 Å². The maximum atomic E-state index is 13.0. The van der Waals surface area contributed by atoms with Crippen molar-refractivity contribution in [2.24, 2.45) is 5.92 Å². The van der Waals surface area contributed by atoms with Gasteiger partial charge >= 0.3 is 0 Å². The molecule has 1 aliphatic heterocycles. The number of benzene rings is 1. The van der Waals surface area contributed by atoms with Crippen molar-refractivity contribution >= 4 is 21.8 Å². The van der Waals surface area contributed by atoms with E-state index in [0.29, 0.717) is 18.5 Å². The van der Waals surface area contributed by atoms with E-state index in [1.165, 1.54) is 16.4 Å². The van der Waals surface area contributed by atoms with Crippen molar-refractivity contribution in [3.8, 4) is 0 Å². The minimum atomic E-state index is -3.68. The van der Waals surface area contributed by atoms with Crippen molar-refractivity contribution < 1.29 is 22.1 Å². The number of carbonyl (C=O) groups is 1. The molecule has 2 aromatic rings. The Hall–Kier alpha value is -2.26. The average molecular weight is 367 g/mol. The first-order chi connectivity index (χ1) is 11.9. The predicted molar refractivity (Wildman–Crippen MR) is 87.8 cm³/mol. The molecule has 0 radical (unpaired) electrons. The summed E-state index contributed by atoms with van der Waals surface area (Å²) in [6, 6.07) is 6.34. The van der Waals surface area contributed by atoms with E-state index >= 15 is 0 Å². The molecule has 0 spiro atoms. The Morgan fingerprint density at radius 1 is 1.28 bits per heavy atom. The number of anilines is 1. The highest BCUT2D eigenvalue weighted by atomic mass is 32.2. The van der Waals surface area contributed by atoms with Crippen LogP contribution in [0.3, 0.4) is 0 Å². The molecular weight excluding hydrogens is 349 g/mol. The normalized spacial score (nSPS) is 16.7. The van der Waals surface area contributed by atoms with Crippen LogP contribution in [0.4, 0.5) is 10.3 Å². The lowest BCUT2D eigenvalue weighted by atomic mass is 9.97. The van der Waals surface area contributed by atoms with Crippen LogP contribution >= 0.6 is 0 Å². The number of halogens is 1. The summed E-state index contributed by atoms with van der Waals surface area (Å²) >= 11 is 0. The second kappa shape index (κ2) is 6.93. The molecule has 1 fully saturated rings. The van der Waals surface area contributed by atoms with Gasteiger partial charge in [0.05, 0.1) is 10.6 Å². The first kappa shape index (κ1) is 17.6. The van der Waals surface area contributed by atoms with Gasteiger partial charge in [-0.15, -0.1) is 0 Å². The maximum absolute atomic E-state index is 13.0. The molecule has 1 N–H and O–H groups in total. The van der Waals surface area contributed by atoms with Crippen molar-refractivity contribution in [1.82, 2.24) is 9.46 Å². The fraction of sp³-hybridized carbons (Fsp3) is 0.375. The van der Waals surface area contributed by atoms with Gasteiger partial charge < -0.3 is 4.52 Å². The smallest absolute Gasteiger partial charge is 0.243 e. The molecule has 25 heavy (non-hydrogen) atoms. The van der Waals surface area contributed by atoms with Crippen LogP contribution in [0.2, 0.25) is 0 Å². The molecule has 7 nitrogen and oxygen atoms in total. The highest BCUT2D eigenvalue weighted by Gasteiger charge is 2.32. The molecule has 0 aliphatic carbocycles. The number of aromatic nitrogens is 1. The van der Waals surface area contributed by atoms with Crippen LogP contribution < -0.4 is 5.32 Å². The van der Waals surface area contributed by atoms with Crippen LogP contribution in [0.25, 0.3) is 0 Å². The number of hydrogen-bond acceptors (Lipinski definition) is 5. The van der Waals surface area contributed by atoms with Crippen molar-refractivity contribution in [3.05, 3.63) is 41.8 Å². The number of nitrogens with one attached hydrogen (secondary N) is 1. The Kier molecular flexibility index (Phi) is 4.87. The zero-order chi connectivity index (χ0) is 18.0. The summed E-state index contributed by atoms with van der Waals surface area (Å²) in [4.78, 5) is 12.3. The van der Waals surface area contributed by atoms with Crippen molar-refractivity contribution in [2.75, 3.05) is 18.4 Å².